The molecule has 2 rings (SSSR count). The maximum Gasteiger partial charge on any atom is 0.189 e. The van der Waals surface area contributed by atoms with E-state index >= 15 is 0 Å². The highest BCUT2D eigenvalue weighted by Gasteiger charge is 2.03. The molecule has 0 bridgehead atoms. The van der Waals surface area contributed by atoms with Crippen molar-refractivity contribution in [1.82, 2.24) is 4.98 Å². The third-order valence-corrected chi connectivity index (χ3v) is 2.73. The van der Waals surface area contributed by atoms with Crippen LogP contribution in [0.3, 0.4) is 0 Å². The van der Waals surface area contributed by atoms with Gasteiger partial charge < -0.3 is 10.1 Å². The average Bonchev–Trinajstić information content (AvgIpc) is 2.49. The van der Waals surface area contributed by atoms with Crippen LogP contribution in [0.2, 0.25) is 0 Å². The van der Waals surface area contributed by atoms with E-state index in [0.29, 0.717) is 5.56 Å². The molecule has 4 nitrogen and oxygen atoms in total. The van der Waals surface area contributed by atoms with E-state index in [4.69, 9.17) is 4.74 Å². The molecule has 0 spiro atoms. The maximum atomic E-state index is 12.0. The predicted molar refractivity (Wildman–Crippen MR) is 78.9 cm³/mol. The number of ether oxygens (including phenoxy) is 1. The lowest BCUT2D eigenvalue weighted by molar-refractivity contribution is 0.104. The van der Waals surface area contributed by atoms with Gasteiger partial charge >= 0.3 is 0 Å². The lowest BCUT2D eigenvalue weighted by atomic mass is 10.1. The van der Waals surface area contributed by atoms with Crippen molar-refractivity contribution in [1.29, 1.82) is 0 Å². The molecule has 0 aliphatic rings. The highest BCUT2D eigenvalue weighted by molar-refractivity contribution is 6.04. The molecule has 0 aliphatic carbocycles. The number of carbonyl (C=O) groups is 1. The van der Waals surface area contributed by atoms with Gasteiger partial charge in [-0.1, -0.05) is 0 Å². The topological polar surface area (TPSA) is 51.2 Å². The zero-order valence-corrected chi connectivity index (χ0v) is 11.5. The number of rotatable bonds is 5. The average molecular weight is 268 g/mol. The number of pyridine rings is 1. The fourth-order valence-corrected chi connectivity index (χ4v) is 1.73. The fraction of sp³-hybridized carbons (Fsp3) is 0.125. The number of hydrogen-bond donors (Lipinski definition) is 1. The van der Waals surface area contributed by atoms with E-state index in [1.807, 2.05) is 31.2 Å². The molecular formula is C16H16N2O2. The highest BCUT2D eigenvalue weighted by Crippen LogP contribution is 2.16. The first kappa shape index (κ1) is 13.8. The van der Waals surface area contributed by atoms with Gasteiger partial charge in [0, 0.05) is 35.4 Å². The first-order chi connectivity index (χ1) is 9.69. The lowest BCUT2D eigenvalue weighted by Crippen LogP contribution is -2.01. The summed E-state index contributed by atoms with van der Waals surface area (Å²) in [4.78, 5) is 15.9. The summed E-state index contributed by atoms with van der Waals surface area (Å²) in [6.07, 6.45) is 4.75. The fourth-order valence-electron chi connectivity index (χ4n) is 1.73. The quantitative estimate of drug-likeness (QED) is 0.668. The Morgan fingerprint density at radius 1 is 1.25 bits per heavy atom. The maximum absolute atomic E-state index is 12.0. The number of carbonyl (C=O) groups excluding carboxylic acids is 1. The molecule has 0 fully saturated rings. The summed E-state index contributed by atoms with van der Waals surface area (Å²) in [6, 6.07) is 11.0. The second kappa shape index (κ2) is 6.52. The van der Waals surface area contributed by atoms with Crippen LogP contribution in [0.5, 0.6) is 5.75 Å². The number of nitrogens with zero attached hydrogens (tertiary/aromatic N) is 1. The first-order valence-corrected chi connectivity index (χ1v) is 6.23. The van der Waals surface area contributed by atoms with Gasteiger partial charge in [-0.2, -0.15) is 0 Å². The Morgan fingerprint density at radius 3 is 2.60 bits per heavy atom. The molecule has 1 aromatic carbocycles. The van der Waals surface area contributed by atoms with E-state index in [1.165, 1.54) is 0 Å². The van der Waals surface area contributed by atoms with Crippen molar-refractivity contribution in [3.63, 3.8) is 0 Å². The Hall–Kier alpha value is -2.62. The second-order valence-electron chi connectivity index (χ2n) is 4.29. The highest BCUT2D eigenvalue weighted by atomic mass is 16.5. The standard InChI is InChI=1S/C16H16N2O2/c1-12(10-16(19)13-4-3-9-17-11-13)18-14-5-7-15(20-2)8-6-14/h3-11,18H,1-2H3. The molecule has 0 aliphatic heterocycles. The lowest BCUT2D eigenvalue weighted by Gasteiger charge is -2.07. The predicted octanol–water partition coefficient (Wildman–Crippen LogP) is 3.29. The Labute approximate surface area is 118 Å². The number of anilines is 1. The Bertz CT molecular complexity index is 604. The third kappa shape index (κ3) is 3.68. The molecule has 0 unspecified atom stereocenters. The molecular weight excluding hydrogens is 252 g/mol. The molecule has 1 N–H and O–H groups in total. The van der Waals surface area contributed by atoms with E-state index in [-0.39, 0.29) is 5.78 Å². The number of benzene rings is 1. The van der Waals surface area contributed by atoms with Crippen LogP contribution in [0, 0.1) is 0 Å². The van der Waals surface area contributed by atoms with Crippen LogP contribution < -0.4 is 10.1 Å². The van der Waals surface area contributed by atoms with E-state index < -0.39 is 0 Å². The molecule has 0 saturated heterocycles. The summed E-state index contributed by atoms with van der Waals surface area (Å²) < 4.78 is 5.09. The summed E-state index contributed by atoms with van der Waals surface area (Å²) in [7, 11) is 1.63. The number of aromatic nitrogens is 1. The zero-order valence-electron chi connectivity index (χ0n) is 11.5. The van der Waals surface area contributed by atoms with Gasteiger partial charge in [-0.3, -0.25) is 9.78 Å². The van der Waals surface area contributed by atoms with Crippen molar-refractivity contribution < 1.29 is 9.53 Å². The van der Waals surface area contributed by atoms with Crippen LogP contribution in [0.4, 0.5) is 5.69 Å². The minimum Gasteiger partial charge on any atom is -0.497 e. The van der Waals surface area contributed by atoms with Crippen LogP contribution in [0.25, 0.3) is 0 Å². The van der Waals surface area contributed by atoms with Gasteiger partial charge in [-0.05, 0) is 43.3 Å². The molecule has 0 amide bonds. The first-order valence-electron chi connectivity index (χ1n) is 6.23. The van der Waals surface area contributed by atoms with Gasteiger partial charge in [0.2, 0.25) is 0 Å². The zero-order chi connectivity index (χ0) is 14.4. The summed E-state index contributed by atoms with van der Waals surface area (Å²) in [6.45, 7) is 1.85. The number of methoxy groups -OCH3 is 1. The monoisotopic (exact) mass is 268 g/mol. The van der Waals surface area contributed by atoms with Crippen molar-refractivity contribution in [3.8, 4) is 5.75 Å². The number of allylic oxidation sites excluding steroid dienone is 2. The molecule has 1 aromatic heterocycles. The molecule has 20 heavy (non-hydrogen) atoms. The van der Waals surface area contributed by atoms with Crippen molar-refractivity contribution in [2.75, 3.05) is 12.4 Å². The minimum atomic E-state index is -0.0726. The molecule has 0 atom stereocenters. The van der Waals surface area contributed by atoms with Crippen molar-refractivity contribution in [2.24, 2.45) is 0 Å². The SMILES string of the molecule is COc1ccc(NC(C)=CC(=O)c2cccnc2)cc1. The van der Waals surface area contributed by atoms with Crippen molar-refractivity contribution in [3.05, 3.63) is 66.1 Å². The molecule has 0 saturated carbocycles. The Morgan fingerprint density at radius 2 is 2.00 bits per heavy atom. The largest absolute Gasteiger partial charge is 0.497 e. The van der Waals surface area contributed by atoms with Crippen molar-refractivity contribution >= 4 is 11.5 Å². The minimum absolute atomic E-state index is 0.0726. The molecule has 4 heteroatoms. The molecule has 2 aromatic rings. The van der Waals surface area contributed by atoms with Gasteiger partial charge in [0.05, 0.1) is 7.11 Å². The second-order valence-corrected chi connectivity index (χ2v) is 4.29. The smallest absolute Gasteiger partial charge is 0.189 e. The van der Waals surface area contributed by atoms with Gasteiger partial charge in [-0.25, -0.2) is 0 Å². The number of nitrogens with one attached hydrogen (secondary N) is 1. The summed E-state index contributed by atoms with van der Waals surface area (Å²) in [5, 5.41) is 3.16. The van der Waals surface area contributed by atoms with Gasteiger partial charge in [0.1, 0.15) is 5.75 Å². The van der Waals surface area contributed by atoms with E-state index in [1.54, 1.807) is 37.7 Å². The molecule has 102 valence electrons. The summed E-state index contributed by atoms with van der Waals surface area (Å²) in [5.41, 5.74) is 2.24. The van der Waals surface area contributed by atoms with Gasteiger partial charge in [-0.15, -0.1) is 0 Å². The van der Waals surface area contributed by atoms with Crippen LogP contribution in [-0.4, -0.2) is 17.9 Å². The summed E-state index contributed by atoms with van der Waals surface area (Å²) >= 11 is 0. The number of ketones is 1. The van der Waals surface area contributed by atoms with E-state index in [0.717, 1.165) is 17.1 Å². The Kier molecular flexibility index (Phi) is 4.50. The normalized spacial score (nSPS) is 11.0. The van der Waals surface area contributed by atoms with E-state index in [2.05, 4.69) is 10.3 Å². The van der Waals surface area contributed by atoms with Crippen LogP contribution in [0.1, 0.15) is 17.3 Å². The Balaban J connectivity index is 2.05. The molecule has 0 radical (unpaired) electrons. The van der Waals surface area contributed by atoms with Crippen LogP contribution in [0.15, 0.2) is 60.6 Å². The van der Waals surface area contributed by atoms with Crippen LogP contribution in [-0.2, 0) is 0 Å². The molecule has 1 heterocycles. The van der Waals surface area contributed by atoms with Crippen molar-refractivity contribution in [2.45, 2.75) is 6.92 Å². The van der Waals surface area contributed by atoms with E-state index in [9.17, 15) is 4.79 Å². The number of hydrogen-bond acceptors (Lipinski definition) is 4. The third-order valence-electron chi connectivity index (χ3n) is 2.73. The van der Waals surface area contributed by atoms with Gasteiger partial charge in [0.25, 0.3) is 0 Å². The van der Waals surface area contributed by atoms with Crippen LogP contribution >= 0.6 is 0 Å². The summed E-state index contributed by atoms with van der Waals surface area (Å²) in [5.74, 6) is 0.722. The van der Waals surface area contributed by atoms with Gasteiger partial charge in [0.15, 0.2) is 5.78 Å².